The van der Waals surface area contributed by atoms with Crippen molar-refractivity contribution in [3.63, 3.8) is 0 Å². The van der Waals surface area contributed by atoms with Gasteiger partial charge in [-0.1, -0.05) is 23.7 Å². The second-order valence-electron chi connectivity index (χ2n) is 9.42. The highest BCUT2D eigenvalue weighted by Gasteiger charge is 2.17. The van der Waals surface area contributed by atoms with E-state index in [1.807, 2.05) is 19.1 Å². The SMILES string of the molecule is Cc1cc(OCCCN2CCOCC2)cc2[nH]c(-c3c(NCC(O)c4cccc(Cl)c4)cc[nH]c3=O)nc12. The second kappa shape index (κ2) is 12.0. The average molecular weight is 538 g/mol. The minimum atomic E-state index is -0.804. The van der Waals surface area contributed by atoms with Gasteiger partial charge in [0.15, 0.2) is 0 Å². The Bertz CT molecular complexity index is 1450. The van der Waals surface area contributed by atoms with Crippen LogP contribution in [0.1, 0.15) is 23.7 Å². The minimum absolute atomic E-state index is 0.193. The van der Waals surface area contributed by atoms with E-state index in [4.69, 9.17) is 26.1 Å². The number of rotatable bonds is 10. The Balaban J connectivity index is 1.30. The Kier molecular flexibility index (Phi) is 8.29. The number of aliphatic hydroxyl groups excluding tert-OH is 1. The summed E-state index contributed by atoms with van der Waals surface area (Å²) in [4.78, 5) is 26.0. The van der Waals surface area contributed by atoms with Crippen molar-refractivity contribution in [2.75, 3.05) is 51.3 Å². The van der Waals surface area contributed by atoms with Crippen LogP contribution in [0.3, 0.4) is 0 Å². The van der Waals surface area contributed by atoms with Gasteiger partial charge in [-0.3, -0.25) is 9.69 Å². The number of hydrogen-bond donors (Lipinski definition) is 4. The number of aryl methyl sites for hydroxylation is 1. The van der Waals surface area contributed by atoms with Crippen LogP contribution in [0.2, 0.25) is 5.02 Å². The first-order chi connectivity index (χ1) is 18.5. The van der Waals surface area contributed by atoms with Crippen molar-refractivity contribution in [2.45, 2.75) is 19.4 Å². The van der Waals surface area contributed by atoms with Gasteiger partial charge < -0.3 is 29.9 Å². The number of anilines is 1. The fourth-order valence-corrected chi connectivity index (χ4v) is 4.86. The van der Waals surface area contributed by atoms with Crippen LogP contribution in [0.15, 0.2) is 53.5 Å². The zero-order chi connectivity index (χ0) is 26.5. The third kappa shape index (κ3) is 6.19. The lowest BCUT2D eigenvalue weighted by Crippen LogP contribution is -2.37. The van der Waals surface area contributed by atoms with Gasteiger partial charge in [0.2, 0.25) is 0 Å². The molecule has 1 atom stereocenters. The van der Waals surface area contributed by atoms with E-state index in [0.29, 0.717) is 34.3 Å². The number of halogens is 1. The molecule has 1 saturated heterocycles. The number of benzene rings is 2. The third-order valence-corrected chi connectivity index (χ3v) is 6.89. The predicted octanol–water partition coefficient (Wildman–Crippen LogP) is 4.13. The second-order valence-corrected chi connectivity index (χ2v) is 9.86. The number of ether oxygens (including phenoxy) is 2. The number of pyridine rings is 1. The highest BCUT2D eigenvalue weighted by atomic mass is 35.5. The molecule has 38 heavy (non-hydrogen) atoms. The molecule has 200 valence electrons. The van der Waals surface area contributed by atoms with Crippen LogP contribution in [-0.2, 0) is 4.74 Å². The number of hydrogen-bond acceptors (Lipinski definition) is 7. The van der Waals surface area contributed by atoms with Gasteiger partial charge >= 0.3 is 0 Å². The van der Waals surface area contributed by atoms with E-state index in [9.17, 15) is 9.90 Å². The van der Waals surface area contributed by atoms with Crippen LogP contribution in [0.5, 0.6) is 5.75 Å². The Labute approximate surface area is 225 Å². The molecule has 0 saturated carbocycles. The van der Waals surface area contributed by atoms with E-state index >= 15 is 0 Å². The molecular formula is C28H32ClN5O4. The van der Waals surface area contributed by atoms with Crippen molar-refractivity contribution in [3.8, 4) is 17.1 Å². The molecular weight excluding hydrogens is 506 g/mol. The molecule has 10 heteroatoms. The topological polar surface area (TPSA) is 115 Å². The van der Waals surface area contributed by atoms with Crippen LogP contribution in [0.25, 0.3) is 22.4 Å². The van der Waals surface area contributed by atoms with Crippen molar-refractivity contribution < 1.29 is 14.6 Å². The summed E-state index contributed by atoms with van der Waals surface area (Å²) < 4.78 is 11.4. The van der Waals surface area contributed by atoms with Gasteiger partial charge in [-0.15, -0.1) is 0 Å². The molecule has 0 amide bonds. The Hall–Kier alpha value is -3.37. The maximum Gasteiger partial charge on any atom is 0.261 e. The fraction of sp³-hybridized carbons (Fsp3) is 0.357. The first kappa shape index (κ1) is 26.2. The summed E-state index contributed by atoms with van der Waals surface area (Å²) in [6.45, 7) is 7.30. The molecule has 1 aliphatic rings. The number of aromatic amines is 2. The quantitative estimate of drug-likeness (QED) is 0.225. The fourth-order valence-electron chi connectivity index (χ4n) is 4.66. The Morgan fingerprint density at radius 1 is 1.24 bits per heavy atom. The monoisotopic (exact) mass is 537 g/mol. The van der Waals surface area contributed by atoms with Crippen molar-refractivity contribution >= 4 is 28.3 Å². The Morgan fingerprint density at radius 3 is 2.89 bits per heavy atom. The van der Waals surface area contributed by atoms with Gasteiger partial charge in [0.1, 0.15) is 17.1 Å². The summed E-state index contributed by atoms with van der Waals surface area (Å²) in [7, 11) is 0. The van der Waals surface area contributed by atoms with Crippen LogP contribution >= 0.6 is 11.6 Å². The largest absolute Gasteiger partial charge is 0.493 e. The molecule has 3 heterocycles. The maximum absolute atomic E-state index is 12.9. The molecule has 0 spiro atoms. The van der Waals surface area contributed by atoms with Crippen molar-refractivity contribution in [2.24, 2.45) is 0 Å². The van der Waals surface area contributed by atoms with E-state index in [-0.39, 0.29) is 12.1 Å². The average Bonchev–Trinajstić information content (AvgIpc) is 3.34. The highest BCUT2D eigenvalue weighted by Crippen LogP contribution is 2.29. The van der Waals surface area contributed by atoms with Gasteiger partial charge in [0, 0.05) is 43.5 Å². The van der Waals surface area contributed by atoms with E-state index in [2.05, 4.69) is 20.2 Å². The lowest BCUT2D eigenvalue weighted by molar-refractivity contribution is 0.0358. The van der Waals surface area contributed by atoms with E-state index in [1.165, 1.54) is 0 Å². The number of aromatic nitrogens is 3. The molecule has 5 rings (SSSR count). The number of morpholine rings is 1. The molecule has 0 bridgehead atoms. The van der Waals surface area contributed by atoms with Crippen LogP contribution < -0.4 is 15.6 Å². The lowest BCUT2D eigenvalue weighted by atomic mass is 10.1. The number of nitrogens with zero attached hydrogens (tertiary/aromatic N) is 2. The molecule has 2 aromatic carbocycles. The van der Waals surface area contributed by atoms with E-state index in [0.717, 1.165) is 61.6 Å². The predicted molar refractivity (Wildman–Crippen MR) is 149 cm³/mol. The lowest BCUT2D eigenvalue weighted by Gasteiger charge is -2.26. The van der Waals surface area contributed by atoms with Gasteiger partial charge in [-0.05, 0) is 48.7 Å². The Morgan fingerprint density at radius 2 is 2.08 bits per heavy atom. The third-order valence-electron chi connectivity index (χ3n) is 6.66. The van der Waals surface area contributed by atoms with Crippen molar-refractivity contribution in [3.05, 3.63) is 75.2 Å². The zero-order valence-corrected chi connectivity index (χ0v) is 22.1. The smallest absolute Gasteiger partial charge is 0.261 e. The molecule has 2 aromatic heterocycles. The summed E-state index contributed by atoms with van der Waals surface area (Å²) in [5.74, 6) is 1.20. The molecule has 4 aromatic rings. The van der Waals surface area contributed by atoms with Crippen LogP contribution in [0.4, 0.5) is 5.69 Å². The number of fused-ring (bicyclic) bond motifs is 1. The number of nitrogens with one attached hydrogen (secondary N) is 3. The summed E-state index contributed by atoms with van der Waals surface area (Å²) >= 11 is 6.06. The zero-order valence-electron chi connectivity index (χ0n) is 21.3. The first-order valence-corrected chi connectivity index (χ1v) is 13.2. The molecule has 1 fully saturated rings. The summed E-state index contributed by atoms with van der Waals surface area (Å²) in [6.07, 6.45) is 1.69. The maximum atomic E-state index is 12.9. The molecule has 0 aliphatic carbocycles. The van der Waals surface area contributed by atoms with E-state index in [1.54, 1.807) is 36.5 Å². The van der Waals surface area contributed by atoms with Crippen LogP contribution in [-0.4, -0.2) is 71.0 Å². The summed E-state index contributed by atoms with van der Waals surface area (Å²) in [5.41, 5.74) is 3.84. The molecule has 1 aliphatic heterocycles. The highest BCUT2D eigenvalue weighted by molar-refractivity contribution is 6.30. The van der Waals surface area contributed by atoms with Crippen LogP contribution in [0, 0.1) is 6.92 Å². The molecule has 1 unspecified atom stereocenters. The minimum Gasteiger partial charge on any atom is -0.493 e. The molecule has 9 nitrogen and oxygen atoms in total. The normalized spacial score (nSPS) is 15.0. The summed E-state index contributed by atoms with van der Waals surface area (Å²) in [5, 5.41) is 14.4. The van der Waals surface area contributed by atoms with Gasteiger partial charge in [-0.25, -0.2) is 4.98 Å². The van der Waals surface area contributed by atoms with E-state index < -0.39 is 6.10 Å². The van der Waals surface area contributed by atoms with Gasteiger partial charge in [0.25, 0.3) is 5.56 Å². The number of imidazole rings is 1. The van der Waals surface area contributed by atoms with Gasteiger partial charge in [0.05, 0.1) is 42.6 Å². The van der Waals surface area contributed by atoms with Gasteiger partial charge in [-0.2, -0.15) is 0 Å². The standard InChI is InChI=1S/C28H32ClN5O4/c1-18-14-21(38-11-3-8-34-9-12-37-13-10-34)16-23-26(18)33-27(32-23)25-22(6-7-30-28(25)36)31-17-24(35)19-4-2-5-20(29)15-19/h2,4-7,14-16,24,35H,3,8-13,17H2,1H3,(H,32,33)(H2,30,31,36). The van der Waals surface area contributed by atoms with Crippen molar-refractivity contribution in [1.82, 2.24) is 19.9 Å². The molecule has 4 N–H and O–H groups in total. The first-order valence-electron chi connectivity index (χ1n) is 12.8. The van der Waals surface area contributed by atoms with Crippen molar-refractivity contribution in [1.29, 1.82) is 0 Å². The number of aliphatic hydroxyl groups is 1. The summed E-state index contributed by atoms with van der Waals surface area (Å²) in [6, 6.07) is 12.7. The molecule has 0 radical (unpaired) electrons. The number of H-pyrrole nitrogens is 2.